The van der Waals surface area contributed by atoms with Crippen LogP contribution in [0.2, 0.25) is 0 Å². The van der Waals surface area contributed by atoms with E-state index < -0.39 is 0 Å². The molecular weight excluding hydrogens is 490 g/mol. The average Bonchev–Trinajstić information content (AvgIpc) is 2.98. The highest BCUT2D eigenvalue weighted by Crippen LogP contribution is 2.18. The van der Waals surface area contributed by atoms with Gasteiger partial charge in [-0.05, 0) is 49.1 Å². The molecule has 40 heavy (non-hydrogen) atoms. The summed E-state index contributed by atoms with van der Waals surface area (Å²) in [4.78, 5) is 12.3. The number of nitrogens with one attached hydrogen (secondary N) is 1. The summed E-state index contributed by atoms with van der Waals surface area (Å²) in [5.41, 5.74) is 2.19. The Bertz CT molecular complexity index is 833. The number of ether oxygens (including phenoxy) is 1. The molecule has 1 N–H and O–H groups in total. The molecular formula is C37H59NO2. The van der Waals surface area contributed by atoms with Crippen molar-refractivity contribution in [2.45, 2.75) is 148 Å². The Labute approximate surface area is 246 Å². The number of rotatable bonds is 26. The number of amides is 1. The summed E-state index contributed by atoms with van der Waals surface area (Å²) in [6.07, 6.45) is 28.6. The van der Waals surface area contributed by atoms with Crippen molar-refractivity contribution in [1.29, 1.82) is 0 Å². The molecule has 2 rings (SSSR count). The van der Waals surface area contributed by atoms with Gasteiger partial charge in [0.05, 0.1) is 6.61 Å². The van der Waals surface area contributed by atoms with Crippen LogP contribution in [-0.4, -0.2) is 12.5 Å². The lowest BCUT2D eigenvalue weighted by Gasteiger charge is -2.09. The first-order valence-electron chi connectivity index (χ1n) is 16.8. The zero-order chi connectivity index (χ0) is 28.4. The molecule has 3 heteroatoms. The van der Waals surface area contributed by atoms with Gasteiger partial charge in [0.25, 0.3) is 0 Å². The van der Waals surface area contributed by atoms with Gasteiger partial charge in [0.15, 0.2) is 0 Å². The summed E-state index contributed by atoms with van der Waals surface area (Å²) in [5, 5.41) is 3.02. The molecule has 0 atom stereocenters. The molecule has 0 spiro atoms. The minimum Gasteiger partial charge on any atom is -0.494 e. The Kier molecular flexibility index (Phi) is 20.8. The minimum atomic E-state index is 0.114. The minimum absolute atomic E-state index is 0.114. The summed E-state index contributed by atoms with van der Waals surface area (Å²) >= 11 is 0. The van der Waals surface area contributed by atoms with E-state index in [2.05, 4.69) is 36.5 Å². The van der Waals surface area contributed by atoms with Crippen LogP contribution in [0, 0.1) is 0 Å². The molecule has 0 heterocycles. The molecule has 0 fully saturated rings. The largest absolute Gasteiger partial charge is 0.494 e. The van der Waals surface area contributed by atoms with E-state index in [-0.39, 0.29) is 5.91 Å². The van der Waals surface area contributed by atoms with E-state index >= 15 is 0 Å². The Morgan fingerprint density at radius 3 is 1.55 bits per heavy atom. The first-order valence-corrected chi connectivity index (χ1v) is 16.8. The Balaban J connectivity index is 1.33. The lowest BCUT2D eigenvalue weighted by atomic mass is 10.0. The maximum Gasteiger partial charge on any atom is 0.224 e. The zero-order valence-electron chi connectivity index (χ0n) is 25.8. The smallest absolute Gasteiger partial charge is 0.224 e. The fraction of sp³-hybridized carbons (Fsp3) is 0.649. The highest BCUT2D eigenvalue weighted by Gasteiger charge is 2.03. The third-order valence-corrected chi connectivity index (χ3v) is 7.87. The van der Waals surface area contributed by atoms with Gasteiger partial charge in [-0.2, -0.15) is 0 Å². The maximum atomic E-state index is 12.3. The van der Waals surface area contributed by atoms with Gasteiger partial charge < -0.3 is 10.1 Å². The molecule has 3 nitrogen and oxygen atoms in total. The second-order valence-corrected chi connectivity index (χ2v) is 11.6. The highest BCUT2D eigenvalue weighted by atomic mass is 16.5. The summed E-state index contributed by atoms with van der Waals surface area (Å²) in [6.45, 7) is 2.99. The van der Waals surface area contributed by atoms with Crippen LogP contribution in [0.1, 0.15) is 147 Å². The molecule has 2 aromatic rings. The molecule has 0 saturated carbocycles. The van der Waals surface area contributed by atoms with Gasteiger partial charge in [-0.15, -0.1) is 0 Å². The van der Waals surface area contributed by atoms with E-state index in [0.717, 1.165) is 37.1 Å². The third-order valence-electron chi connectivity index (χ3n) is 7.87. The number of carbonyl (C=O) groups is 1. The van der Waals surface area contributed by atoms with Crippen molar-refractivity contribution in [3.05, 3.63) is 60.2 Å². The van der Waals surface area contributed by atoms with Crippen molar-refractivity contribution >= 4 is 11.6 Å². The van der Waals surface area contributed by atoms with Gasteiger partial charge in [-0.1, -0.05) is 153 Å². The number of unbranched alkanes of at least 4 members (excludes halogenated alkanes) is 18. The maximum absolute atomic E-state index is 12.3. The number of hydrogen-bond donors (Lipinski definition) is 1. The normalized spacial score (nSPS) is 11.0. The SMILES string of the molecule is CCCCCCCCCCCCCCCCCCCCCC(=O)Nc1ccc(OCCCc2ccccc2)cc1. The van der Waals surface area contributed by atoms with Crippen molar-refractivity contribution in [3.63, 3.8) is 0 Å². The zero-order valence-corrected chi connectivity index (χ0v) is 25.8. The Morgan fingerprint density at radius 2 is 1.05 bits per heavy atom. The monoisotopic (exact) mass is 549 g/mol. The molecule has 0 aliphatic rings. The number of hydrogen-bond acceptors (Lipinski definition) is 2. The van der Waals surface area contributed by atoms with Gasteiger partial charge in [-0.3, -0.25) is 4.79 Å². The second kappa shape index (κ2) is 24.5. The lowest BCUT2D eigenvalue weighted by Crippen LogP contribution is -2.11. The fourth-order valence-corrected chi connectivity index (χ4v) is 5.33. The van der Waals surface area contributed by atoms with Crippen molar-refractivity contribution in [2.24, 2.45) is 0 Å². The van der Waals surface area contributed by atoms with E-state index in [0.29, 0.717) is 13.0 Å². The number of aryl methyl sites for hydroxylation is 1. The molecule has 2 aromatic carbocycles. The van der Waals surface area contributed by atoms with Crippen molar-refractivity contribution in [2.75, 3.05) is 11.9 Å². The van der Waals surface area contributed by atoms with Crippen LogP contribution in [0.4, 0.5) is 5.69 Å². The topological polar surface area (TPSA) is 38.3 Å². The molecule has 0 aliphatic heterocycles. The van der Waals surface area contributed by atoms with Gasteiger partial charge >= 0.3 is 0 Å². The molecule has 224 valence electrons. The molecule has 1 amide bonds. The van der Waals surface area contributed by atoms with Crippen LogP contribution in [0.15, 0.2) is 54.6 Å². The number of anilines is 1. The van der Waals surface area contributed by atoms with Crippen molar-refractivity contribution in [1.82, 2.24) is 0 Å². The number of benzene rings is 2. The molecule has 0 aliphatic carbocycles. The fourth-order valence-electron chi connectivity index (χ4n) is 5.33. The van der Waals surface area contributed by atoms with E-state index in [9.17, 15) is 4.79 Å². The number of carbonyl (C=O) groups excluding carboxylic acids is 1. The molecule has 0 saturated heterocycles. The third kappa shape index (κ3) is 18.9. The van der Waals surface area contributed by atoms with Crippen LogP contribution in [0.25, 0.3) is 0 Å². The molecule has 0 bridgehead atoms. The van der Waals surface area contributed by atoms with Gasteiger partial charge in [0.1, 0.15) is 5.75 Å². The van der Waals surface area contributed by atoms with Gasteiger partial charge in [0, 0.05) is 12.1 Å². The van der Waals surface area contributed by atoms with Crippen molar-refractivity contribution in [3.8, 4) is 5.75 Å². The average molecular weight is 550 g/mol. The predicted octanol–water partition coefficient (Wildman–Crippen LogP) is 11.5. The van der Waals surface area contributed by atoms with E-state index in [1.54, 1.807) is 0 Å². The first kappa shape index (κ1) is 33.9. The van der Waals surface area contributed by atoms with Crippen LogP contribution < -0.4 is 10.1 Å². The highest BCUT2D eigenvalue weighted by molar-refractivity contribution is 5.90. The van der Waals surface area contributed by atoms with Crippen LogP contribution in [0.5, 0.6) is 5.75 Å². The second-order valence-electron chi connectivity index (χ2n) is 11.6. The molecule has 0 aromatic heterocycles. The quantitative estimate of drug-likeness (QED) is 0.118. The summed E-state index contributed by atoms with van der Waals surface area (Å²) in [7, 11) is 0. The summed E-state index contributed by atoms with van der Waals surface area (Å²) in [5.74, 6) is 0.966. The van der Waals surface area contributed by atoms with E-state index in [1.165, 1.54) is 115 Å². The van der Waals surface area contributed by atoms with E-state index in [1.807, 2.05) is 30.3 Å². The first-order chi connectivity index (χ1) is 19.8. The van der Waals surface area contributed by atoms with Gasteiger partial charge in [-0.25, -0.2) is 0 Å². The Morgan fingerprint density at radius 1 is 0.575 bits per heavy atom. The molecule has 0 unspecified atom stereocenters. The van der Waals surface area contributed by atoms with Gasteiger partial charge in [0.2, 0.25) is 5.91 Å². The summed E-state index contributed by atoms with van der Waals surface area (Å²) < 4.78 is 5.85. The van der Waals surface area contributed by atoms with Crippen LogP contribution in [0.3, 0.4) is 0 Å². The Hall–Kier alpha value is -2.29. The van der Waals surface area contributed by atoms with Crippen molar-refractivity contribution < 1.29 is 9.53 Å². The van der Waals surface area contributed by atoms with Crippen LogP contribution in [-0.2, 0) is 11.2 Å². The standard InChI is InChI=1S/C37H59NO2/c1-2-3-4-5-6-7-8-9-10-11-12-13-14-15-16-17-18-19-23-28-37(39)38-35-29-31-36(32-30-35)40-33-24-27-34-25-21-20-22-26-34/h20-22,25-26,29-32H,2-19,23-24,27-28,33H2,1H3,(H,38,39). The van der Waals surface area contributed by atoms with Crippen LogP contribution >= 0.6 is 0 Å². The summed E-state index contributed by atoms with van der Waals surface area (Å²) in [6, 6.07) is 18.2. The molecule has 0 radical (unpaired) electrons. The lowest BCUT2D eigenvalue weighted by molar-refractivity contribution is -0.116. The van der Waals surface area contributed by atoms with E-state index in [4.69, 9.17) is 4.74 Å². The predicted molar refractivity (Wildman–Crippen MR) is 173 cm³/mol.